The molecule has 0 saturated heterocycles. The number of nitrogens with one attached hydrogen (secondary N) is 1. The van der Waals surface area contributed by atoms with Crippen molar-refractivity contribution in [2.24, 2.45) is 0 Å². The average molecular weight is 352 g/mol. The molecule has 0 bridgehead atoms. The summed E-state index contributed by atoms with van der Waals surface area (Å²) in [5.74, 6) is 6.18. The number of aromatic nitrogens is 1. The normalized spacial score (nSPS) is 9.88. The van der Waals surface area contributed by atoms with E-state index in [-0.39, 0.29) is 13.2 Å². The molecule has 1 aromatic carbocycles. The van der Waals surface area contributed by atoms with E-state index in [1.54, 1.807) is 12.4 Å². The van der Waals surface area contributed by atoms with E-state index in [4.69, 9.17) is 9.84 Å². The SMILES string of the molecule is O=C(NCc1cncc(C#CCCCCCO)c1)OCc1ccccc1. The van der Waals surface area contributed by atoms with Gasteiger partial charge in [-0.1, -0.05) is 48.6 Å². The number of carbonyl (C=O) groups excluding carboxylic acids is 1. The molecule has 5 nitrogen and oxygen atoms in total. The zero-order valence-corrected chi connectivity index (χ0v) is 14.8. The summed E-state index contributed by atoms with van der Waals surface area (Å²) in [6.45, 7) is 0.819. The van der Waals surface area contributed by atoms with Crippen molar-refractivity contribution in [3.8, 4) is 11.8 Å². The minimum atomic E-state index is -0.464. The lowest BCUT2D eigenvalue weighted by Crippen LogP contribution is -2.23. The molecule has 2 aromatic rings. The van der Waals surface area contributed by atoms with Crippen molar-refractivity contribution in [1.82, 2.24) is 10.3 Å². The lowest BCUT2D eigenvalue weighted by atomic mass is 10.1. The van der Waals surface area contributed by atoms with Crippen molar-refractivity contribution in [2.75, 3.05) is 6.61 Å². The van der Waals surface area contributed by atoms with Crippen molar-refractivity contribution in [3.63, 3.8) is 0 Å². The number of rotatable bonds is 8. The maximum Gasteiger partial charge on any atom is 0.407 e. The number of hydrogen-bond acceptors (Lipinski definition) is 4. The summed E-state index contributed by atoms with van der Waals surface area (Å²) in [6.07, 6.45) is 6.53. The second-order valence-corrected chi connectivity index (χ2v) is 5.83. The van der Waals surface area contributed by atoms with Crippen molar-refractivity contribution < 1.29 is 14.6 Å². The lowest BCUT2D eigenvalue weighted by molar-refractivity contribution is 0.139. The van der Waals surface area contributed by atoms with Crippen LogP contribution in [0.3, 0.4) is 0 Å². The van der Waals surface area contributed by atoms with E-state index in [0.29, 0.717) is 6.54 Å². The minimum Gasteiger partial charge on any atom is -0.445 e. The van der Waals surface area contributed by atoms with Crippen LogP contribution in [-0.2, 0) is 17.9 Å². The number of amides is 1. The highest BCUT2D eigenvalue weighted by atomic mass is 16.5. The fraction of sp³-hybridized carbons (Fsp3) is 0.333. The summed E-state index contributed by atoms with van der Waals surface area (Å²) in [6, 6.07) is 11.4. The molecule has 0 unspecified atom stereocenters. The topological polar surface area (TPSA) is 71.5 Å². The number of aliphatic hydroxyl groups excluding tert-OH is 1. The maximum atomic E-state index is 11.8. The Morgan fingerprint density at radius 2 is 1.96 bits per heavy atom. The molecule has 2 rings (SSSR count). The minimum absolute atomic E-state index is 0.236. The molecule has 0 aliphatic heterocycles. The highest BCUT2D eigenvalue weighted by molar-refractivity contribution is 5.67. The van der Waals surface area contributed by atoms with Gasteiger partial charge in [0.25, 0.3) is 0 Å². The van der Waals surface area contributed by atoms with Gasteiger partial charge in [-0.2, -0.15) is 0 Å². The van der Waals surface area contributed by atoms with E-state index in [1.807, 2.05) is 36.4 Å². The van der Waals surface area contributed by atoms with Gasteiger partial charge in [-0.05, 0) is 30.0 Å². The Morgan fingerprint density at radius 1 is 1.12 bits per heavy atom. The molecule has 2 N–H and O–H groups in total. The maximum absolute atomic E-state index is 11.8. The molecule has 5 heteroatoms. The van der Waals surface area contributed by atoms with Crippen molar-refractivity contribution in [2.45, 2.75) is 38.8 Å². The molecule has 0 radical (unpaired) electrons. The molecule has 0 spiro atoms. The number of nitrogens with zero attached hydrogens (tertiary/aromatic N) is 1. The Hall–Kier alpha value is -2.84. The number of unbranched alkanes of at least 4 members (excludes halogenated alkanes) is 3. The second kappa shape index (κ2) is 11.7. The summed E-state index contributed by atoms with van der Waals surface area (Å²) in [5.41, 5.74) is 2.64. The van der Waals surface area contributed by atoms with Crippen LogP contribution in [0.25, 0.3) is 0 Å². The van der Waals surface area contributed by atoms with E-state index in [0.717, 1.165) is 42.4 Å². The van der Waals surface area contributed by atoms with Gasteiger partial charge in [0, 0.05) is 37.5 Å². The van der Waals surface area contributed by atoms with Crippen LogP contribution < -0.4 is 5.32 Å². The monoisotopic (exact) mass is 352 g/mol. The first-order valence-corrected chi connectivity index (χ1v) is 8.76. The van der Waals surface area contributed by atoms with Crippen molar-refractivity contribution in [3.05, 3.63) is 65.5 Å². The third-order valence-corrected chi connectivity index (χ3v) is 3.64. The van der Waals surface area contributed by atoms with Gasteiger partial charge in [0.1, 0.15) is 6.61 Å². The van der Waals surface area contributed by atoms with Gasteiger partial charge >= 0.3 is 6.09 Å². The lowest BCUT2D eigenvalue weighted by Gasteiger charge is -2.07. The fourth-order valence-corrected chi connectivity index (χ4v) is 2.27. The van der Waals surface area contributed by atoms with Gasteiger partial charge in [0.2, 0.25) is 0 Å². The first-order valence-electron chi connectivity index (χ1n) is 8.76. The van der Waals surface area contributed by atoms with Gasteiger partial charge in [-0.3, -0.25) is 4.98 Å². The van der Waals surface area contributed by atoms with Crippen molar-refractivity contribution in [1.29, 1.82) is 0 Å². The summed E-state index contributed by atoms with van der Waals surface area (Å²) >= 11 is 0. The summed E-state index contributed by atoms with van der Waals surface area (Å²) < 4.78 is 5.18. The van der Waals surface area contributed by atoms with E-state index >= 15 is 0 Å². The molecular weight excluding hydrogens is 328 g/mol. The molecule has 1 heterocycles. The van der Waals surface area contributed by atoms with E-state index in [2.05, 4.69) is 22.1 Å². The zero-order chi connectivity index (χ0) is 18.5. The van der Waals surface area contributed by atoms with Crippen LogP contribution >= 0.6 is 0 Å². The number of hydrogen-bond donors (Lipinski definition) is 2. The molecule has 136 valence electrons. The molecule has 0 fully saturated rings. The van der Waals surface area contributed by atoms with Crippen LogP contribution in [0.2, 0.25) is 0 Å². The van der Waals surface area contributed by atoms with Gasteiger partial charge in [0.05, 0.1) is 0 Å². The summed E-state index contributed by atoms with van der Waals surface area (Å²) in [4.78, 5) is 15.9. The molecule has 0 atom stereocenters. The van der Waals surface area contributed by atoms with Crippen LogP contribution in [0.4, 0.5) is 4.79 Å². The van der Waals surface area contributed by atoms with Gasteiger partial charge in [-0.15, -0.1) is 0 Å². The Morgan fingerprint density at radius 3 is 2.77 bits per heavy atom. The molecule has 0 aliphatic rings. The van der Waals surface area contributed by atoms with Gasteiger partial charge in [-0.25, -0.2) is 4.79 Å². The third kappa shape index (κ3) is 7.82. The van der Waals surface area contributed by atoms with E-state index < -0.39 is 6.09 Å². The number of aliphatic hydroxyl groups is 1. The van der Waals surface area contributed by atoms with Gasteiger partial charge < -0.3 is 15.2 Å². The second-order valence-electron chi connectivity index (χ2n) is 5.83. The number of ether oxygens (including phenoxy) is 1. The predicted octanol–water partition coefficient (Wildman–Crippen LogP) is 3.41. The van der Waals surface area contributed by atoms with Crippen LogP contribution in [0.5, 0.6) is 0 Å². The van der Waals surface area contributed by atoms with Crippen molar-refractivity contribution >= 4 is 6.09 Å². The smallest absolute Gasteiger partial charge is 0.407 e. The quantitative estimate of drug-likeness (QED) is 0.564. The zero-order valence-electron chi connectivity index (χ0n) is 14.8. The first-order chi connectivity index (χ1) is 12.8. The average Bonchev–Trinajstić information content (AvgIpc) is 2.68. The fourth-order valence-electron chi connectivity index (χ4n) is 2.27. The number of carbonyl (C=O) groups is 1. The van der Waals surface area contributed by atoms with E-state index in [9.17, 15) is 4.79 Å². The highest BCUT2D eigenvalue weighted by Gasteiger charge is 2.03. The number of alkyl carbamates (subject to hydrolysis) is 1. The molecular formula is C21H24N2O3. The molecule has 0 saturated carbocycles. The third-order valence-electron chi connectivity index (χ3n) is 3.64. The molecule has 0 aliphatic carbocycles. The molecule has 1 aromatic heterocycles. The highest BCUT2D eigenvalue weighted by Crippen LogP contribution is 2.04. The van der Waals surface area contributed by atoms with Crippen LogP contribution in [0, 0.1) is 11.8 Å². The van der Waals surface area contributed by atoms with Crippen LogP contribution in [-0.4, -0.2) is 22.8 Å². The van der Waals surface area contributed by atoms with Crippen LogP contribution in [0.1, 0.15) is 42.4 Å². The Labute approximate surface area is 154 Å². The summed E-state index contributed by atoms with van der Waals surface area (Å²) in [5, 5.41) is 11.4. The molecule has 1 amide bonds. The Bertz CT molecular complexity index is 736. The standard InChI is InChI=1S/C21H24N2O3/c24-12-8-3-1-2-5-11-19-13-20(15-22-14-19)16-23-21(25)26-17-18-9-6-4-7-10-18/h4,6-7,9-10,13-15,24H,1-3,8,12,16-17H2,(H,23,25). The largest absolute Gasteiger partial charge is 0.445 e. The first kappa shape index (κ1) is 19.5. The van der Waals surface area contributed by atoms with E-state index in [1.165, 1.54) is 0 Å². The Balaban J connectivity index is 1.73. The summed E-state index contributed by atoms with van der Waals surface area (Å²) in [7, 11) is 0. The molecule has 26 heavy (non-hydrogen) atoms. The number of benzene rings is 1. The number of pyridine rings is 1. The predicted molar refractivity (Wildman–Crippen MR) is 100 cm³/mol. The Kier molecular flexibility index (Phi) is 8.74. The van der Waals surface area contributed by atoms with Crippen LogP contribution in [0.15, 0.2) is 48.8 Å². The van der Waals surface area contributed by atoms with Gasteiger partial charge in [0.15, 0.2) is 0 Å².